The van der Waals surface area contributed by atoms with E-state index >= 15 is 0 Å². The van der Waals surface area contributed by atoms with Crippen molar-refractivity contribution in [2.75, 3.05) is 26.9 Å². The molecule has 1 N–H and O–H groups in total. The Bertz CT molecular complexity index is 1100. The SMILES string of the molecule is CCCCCCCCCCCCCCCCCCOc1cc(C(=O)NC)cc(OCCCCCCCCCCCCCCCCCC)c1OCCCCCCCCCCCCCCCCCC. The van der Waals surface area contributed by atoms with Crippen molar-refractivity contribution in [2.45, 2.75) is 329 Å². The van der Waals surface area contributed by atoms with E-state index in [1.807, 2.05) is 12.1 Å². The lowest BCUT2D eigenvalue weighted by Gasteiger charge is -2.19. The molecule has 0 spiro atoms. The fraction of sp³-hybridized carbons (Fsp3) is 0.887. The van der Waals surface area contributed by atoms with Crippen LogP contribution in [0.5, 0.6) is 17.2 Å². The van der Waals surface area contributed by atoms with Gasteiger partial charge in [0, 0.05) is 12.6 Å². The summed E-state index contributed by atoms with van der Waals surface area (Å²) < 4.78 is 19.5. The minimum absolute atomic E-state index is 0.121. The first-order valence-corrected chi connectivity index (χ1v) is 30.5. The van der Waals surface area contributed by atoms with Crippen molar-refractivity contribution in [3.05, 3.63) is 17.7 Å². The van der Waals surface area contributed by atoms with Crippen LogP contribution in [0.15, 0.2) is 12.1 Å². The average molecular weight is 941 g/mol. The maximum absolute atomic E-state index is 13.0. The molecule has 5 nitrogen and oxygen atoms in total. The van der Waals surface area contributed by atoms with E-state index in [1.165, 1.54) is 289 Å². The molecule has 0 saturated heterocycles. The number of carbonyl (C=O) groups excluding carboxylic acids is 1. The molecule has 0 aliphatic carbocycles. The number of ether oxygens (including phenoxy) is 3. The predicted octanol–water partition coefficient (Wildman–Crippen LogP) is 21.0. The molecule has 394 valence electrons. The Morgan fingerprint density at radius 3 is 0.716 bits per heavy atom. The number of nitrogens with one attached hydrogen (secondary N) is 1. The number of hydrogen-bond donors (Lipinski definition) is 1. The van der Waals surface area contributed by atoms with Gasteiger partial charge in [0.15, 0.2) is 11.5 Å². The zero-order chi connectivity index (χ0) is 48.2. The van der Waals surface area contributed by atoms with Crippen LogP contribution in [0.4, 0.5) is 0 Å². The van der Waals surface area contributed by atoms with Gasteiger partial charge in [-0.15, -0.1) is 0 Å². The standard InChI is InChI=1S/C62H117NO4/c1-5-8-11-14-17-20-23-26-29-32-35-38-41-44-47-50-53-65-59-56-58(62(64)63-4)57-60(66-54-51-48-45-42-39-36-33-30-27-24-21-18-15-12-9-6-2)61(59)67-55-52-49-46-43-40-37-34-31-28-25-22-19-16-13-10-7-3/h56-57H,5-55H2,1-4H3,(H,63,64). The van der Waals surface area contributed by atoms with Crippen LogP contribution >= 0.6 is 0 Å². The summed E-state index contributed by atoms with van der Waals surface area (Å²) in [5, 5.41) is 2.82. The van der Waals surface area contributed by atoms with Crippen molar-refractivity contribution < 1.29 is 19.0 Å². The molecule has 1 rings (SSSR count). The lowest BCUT2D eigenvalue weighted by atomic mass is 10.0. The predicted molar refractivity (Wildman–Crippen MR) is 295 cm³/mol. The molecule has 0 aliphatic rings. The van der Waals surface area contributed by atoms with Gasteiger partial charge in [0.05, 0.1) is 19.8 Å². The Kier molecular flexibility index (Phi) is 48.9. The maximum atomic E-state index is 13.0. The van der Waals surface area contributed by atoms with Crippen molar-refractivity contribution in [2.24, 2.45) is 0 Å². The minimum atomic E-state index is -0.121. The van der Waals surface area contributed by atoms with Crippen LogP contribution in [0.25, 0.3) is 0 Å². The van der Waals surface area contributed by atoms with Gasteiger partial charge in [-0.05, 0) is 31.4 Å². The quantitative estimate of drug-likeness (QED) is 0.0661. The molecule has 0 saturated carbocycles. The van der Waals surface area contributed by atoms with Gasteiger partial charge in [-0.25, -0.2) is 0 Å². The van der Waals surface area contributed by atoms with Gasteiger partial charge in [-0.3, -0.25) is 4.79 Å². The number of amides is 1. The van der Waals surface area contributed by atoms with Crippen LogP contribution < -0.4 is 19.5 Å². The summed E-state index contributed by atoms with van der Waals surface area (Å²) >= 11 is 0. The highest BCUT2D eigenvalue weighted by Gasteiger charge is 2.19. The molecular formula is C62H117NO4. The van der Waals surface area contributed by atoms with Crippen molar-refractivity contribution in [3.63, 3.8) is 0 Å². The van der Waals surface area contributed by atoms with Gasteiger partial charge in [-0.2, -0.15) is 0 Å². The van der Waals surface area contributed by atoms with E-state index in [2.05, 4.69) is 26.1 Å². The van der Waals surface area contributed by atoms with Gasteiger partial charge in [0.2, 0.25) is 5.75 Å². The Morgan fingerprint density at radius 2 is 0.507 bits per heavy atom. The molecule has 0 unspecified atom stereocenters. The summed E-state index contributed by atoms with van der Waals surface area (Å²) in [5.41, 5.74) is 0.571. The summed E-state index contributed by atoms with van der Waals surface area (Å²) in [6.07, 6.45) is 64.9. The third-order valence-corrected chi connectivity index (χ3v) is 14.3. The number of hydrogen-bond acceptors (Lipinski definition) is 4. The molecule has 0 atom stereocenters. The van der Waals surface area contributed by atoms with E-state index in [9.17, 15) is 4.79 Å². The van der Waals surface area contributed by atoms with Crippen LogP contribution in [-0.4, -0.2) is 32.8 Å². The van der Waals surface area contributed by atoms with Gasteiger partial charge < -0.3 is 19.5 Å². The Morgan fingerprint density at radius 1 is 0.313 bits per heavy atom. The highest BCUT2D eigenvalue weighted by Crippen LogP contribution is 2.40. The number of carbonyl (C=O) groups is 1. The molecule has 0 aliphatic heterocycles. The highest BCUT2D eigenvalue weighted by atomic mass is 16.5. The van der Waals surface area contributed by atoms with Crippen LogP contribution in [0, 0.1) is 0 Å². The number of benzene rings is 1. The monoisotopic (exact) mass is 940 g/mol. The Hall–Kier alpha value is -1.91. The fourth-order valence-electron chi connectivity index (χ4n) is 9.70. The van der Waals surface area contributed by atoms with Gasteiger partial charge >= 0.3 is 0 Å². The second-order valence-electron chi connectivity index (χ2n) is 20.8. The summed E-state index contributed by atoms with van der Waals surface area (Å²) in [5.74, 6) is 1.87. The van der Waals surface area contributed by atoms with Gasteiger partial charge in [0.25, 0.3) is 5.91 Å². The first-order chi connectivity index (χ1) is 33.2. The molecule has 0 radical (unpaired) electrons. The average Bonchev–Trinajstić information content (AvgIpc) is 3.34. The number of unbranched alkanes of at least 4 members (excludes halogenated alkanes) is 45. The minimum Gasteiger partial charge on any atom is -0.490 e. The number of rotatable bonds is 55. The van der Waals surface area contributed by atoms with E-state index in [0.717, 1.165) is 19.3 Å². The summed E-state index contributed by atoms with van der Waals surface area (Å²) in [7, 11) is 1.69. The molecule has 0 aromatic heterocycles. The van der Waals surface area contributed by atoms with E-state index in [-0.39, 0.29) is 5.91 Å². The van der Waals surface area contributed by atoms with E-state index < -0.39 is 0 Å². The molecule has 1 aromatic carbocycles. The van der Waals surface area contributed by atoms with E-state index in [0.29, 0.717) is 42.6 Å². The zero-order valence-corrected chi connectivity index (χ0v) is 45.9. The Balaban J connectivity index is 2.51. The van der Waals surface area contributed by atoms with Crippen LogP contribution in [0.2, 0.25) is 0 Å². The van der Waals surface area contributed by atoms with E-state index in [1.54, 1.807) is 7.05 Å². The largest absolute Gasteiger partial charge is 0.490 e. The molecule has 0 fully saturated rings. The van der Waals surface area contributed by atoms with Crippen LogP contribution in [0.1, 0.15) is 339 Å². The van der Waals surface area contributed by atoms with Crippen molar-refractivity contribution in [1.29, 1.82) is 0 Å². The normalized spacial score (nSPS) is 11.4. The van der Waals surface area contributed by atoms with Crippen molar-refractivity contribution >= 4 is 5.91 Å². The van der Waals surface area contributed by atoms with Crippen LogP contribution in [0.3, 0.4) is 0 Å². The summed E-state index contributed by atoms with van der Waals surface area (Å²) in [4.78, 5) is 13.0. The first kappa shape index (κ1) is 63.1. The maximum Gasteiger partial charge on any atom is 0.251 e. The second-order valence-corrected chi connectivity index (χ2v) is 20.8. The summed E-state index contributed by atoms with van der Waals surface area (Å²) in [6, 6.07) is 3.74. The second kappa shape index (κ2) is 51.9. The molecule has 1 aromatic rings. The van der Waals surface area contributed by atoms with Gasteiger partial charge in [-0.1, -0.05) is 310 Å². The van der Waals surface area contributed by atoms with Crippen LogP contribution in [-0.2, 0) is 0 Å². The molecule has 1 amide bonds. The van der Waals surface area contributed by atoms with Crippen molar-refractivity contribution in [1.82, 2.24) is 5.32 Å². The topological polar surface area (TPSA) is 56.8 Å². The smallest absolute Gasteiger partial charge is 0.251 e. The zero-order valence-electron chi connectivity index (χ0n) is 45.9. The molecule has 0 bridgehead atoms. The lowest BCUT2D eigenvalue weighted by molar-refractivity contribution is 0.0961. The fourth-order valence-corrected chi connectivity index (χ4v) is 9.70. The first-order valence-electron chi connectivity index (χ1n) is 30.5. The van der Waals surface area contributed by atoms with Gasteiger partial charge in [0.1, 0.15) is 0 Å². The molecule has 67 heavy (non-hydrogen) atoms. The highest BCUT2D eigenvalue weighted by molar-refractivity contribution is 5.95. The lowest BCUT2D eigenvalue weighted by Crippen LogP contribution is -2.18. The molecule has 0 heterocycles. The molecular weight excluding hydrogens is 823 g/mol. The molecule has 5 heteroatoms. The van der Waals surface area contributed by atoms with Crippen molar-refractivity contribution in [3.8, 4) is 17.2 Å². The third kappa shape index (κ3) is 41.6. The van der Waals surface area contributed by atoms with E-state index in [4.69, 9.17) is 14.2 Å². The third-order valence-electron chi connectivity index (χ3n) is 14.3. The Labute approximate surface area is 419 Å². The summed E-state index contributed by atoms with van der Waals surface area (Å²) in [6.45, 7) is 8.79.